The highest BCUT2D eigenvalue weighted by Crippen LogP contribution is 2.37. The van der Waals surface area contributed by atoms with Gasteiger partial charge < -0.3 is 9.80 Å². The van der Waals surface area contributed by atoms with Crippen molar-refractivity contribution in [2.75, 3.05) is 26.2 Å². The summed E-state index contributed by atoms with van der Waals surface area (Å²) in [5.74, 6) is 1.00. The number of hydrogen-bond donors (Lipinski definition) is 0. The van der Waals surface area contributed by atoms with Gasteiger partial charge in [-0.2, -0.15) is 0 Å². The van der Waals surface area contributed by atoms with Crippen molar-refractivity contribution >= 4 is 0 Å². The zero-order chi connectivity index (χ0) is 28.9. The Kier molecular flexibility index (Phi) is 43.5. The second kappa shape index (κ2) is 33.9. The molecule has 3 rings (SSSR count). The topological polar surface area (TPSA) is 6.48 Å². The maximum Gasteiger partial charge on any atom is 0.00386 e. The quantitative estimate of drug-likeness (QED) is 0.370. The van der Waals surface area contributed by atoms with E-state index in [1.54, 1.807) is 0 Å². The zero-order valence-electron chi connectivity index (χ0n) is 28.6. The lowest BCUT2D eigenvalue weighted by Crippen LogP contribution is -2.41. The summed E-state index contributed by atoms with van der Waals surface area (Å²) >= 11 is 0. The molecule has 0 spiro atoms. The highest BCUT2D eigenvalue weighted by molar-refractivity contribution is 4.76. The fourth-order valence-corrected chi connectivity index (χ4v) is 4.08. The molecule has 0 aromatic carbocycles. The minimum atomic E-state index is 0.570. The highest BCUT2D eigenvalue weighted by Gasteiger charge is 2.25. The zero-order valence-corrected chi connectivity index (χ0v) is 28.6. The standard InChI is InChI=1S/C10H20.C7H15N.C6H13N.5C2H6/c1-10(2,3)9-7-5-4-6-8-9;1-7(2)8-5-3-4-6-8;1-6(2)7-4-3-5-7;5*1-2/h9H,4-8H2,1-3H3;7H,3-6H2,1-2H3;6H,3-5H2,1-2H3;5*1-2H3. The summed E-state index contributed by atoms with van der Waals surface area (Å²) in [6, 6.07) is 1.56. The van der Waals surface area contributed by atoms with E-state index in [-0.39, 0.29) is 0 Å². The molecule has 3 aliphatic rings. The van der Waals surface area contributed by atoms with Crippen molar-refractivity contribution in [2.24, 2.45) is 11.3 Å². The van der Waals surface area contributed by atoms with Gasteiger partial charge in [0, 0.05) is 12.1 Å². The summed E-state index contributed by atoms with van der Waals surface area (Å²) in [6.45, 7) is 41.5. The van der Waals surface area contributed by atoms with Gasteiger partial charge in [-0.3, -0.25) is 0 Å². The van der Waals surface area contributed by atoms with Crippen LogP contribution in [0.1, 0.15) is 169 Å². The van der Waals surface area contributed by atoms with E-state index < -0.39 is 0 Å². The lowest BCUT2D eigenvalue weighted by Gasteiger charge is -2.34. The Bertz CT molecular complexity index is 314. The van der Waals surface area contributed by atoms with Crippen LogP contribution in [-0.2, 0) is 0 Å². The van der Waals surface area contributed by atoms with E-state index in [1.807, 2.05) is 69.2 Å². The summed E-state index contributed by atoms with van der Waals surface area (Å²) in [5.41, 5.74) is 0.570. The van der Waals surface area contributed by atoms with Crippen LogP contribution in [0.4, 0.5) is 0 Å². The minimum absolute atomic E-state index is 0.570. The molecular formula is C33H78N2. The number of hydrogen-bond acceptors (Lipinski definition) is 2. The van der Waals surface area contributed by atoms with Crippen molar-refractivity contribution in [2.45, 2.75) is 181 Å². The van der Waals surface area contributed by atoms with E-state index >= 15 is 0 Å². The molecule has 0 atom stereocenters. The smallest absolute Gasteiger partial charge is 0.00386 e. The molecule has 2 saturated heterocycles. The fourth-order valence-electron chi connectivity index (χ4n) is 4.08. The van der Waals surface area contributed by atoms with Gasteiger partial charge in [-0.05, 0) is 97.3 Å². The van der Waals surface area contributed by atoms with Gasteiger partial charge in [0.15, 0.2) is 0 Å². The SMILES string of the molecule is CC.CC.CC.CC.CC.CC(C)(C)C1CCCCC1.CC(C)N1CCC1.CC(C)N1CCCC1. The fraction of sp³-hybridized carbons (Fsp3) is 1.00. The van der Waals surface area contributed by atoms with Gasteiger partial charge in [-0.25, -0.2) is 0 Å². The van der Waals surface area contributed by atoms with Crippen LogP contribution in [0.5, 0.6) is 0 Å². The van der Waals surface area contributed by atoms with Gasteiger partial charge in [0.2, 0.25) is 0 Å². The van der Waals surface area contributed by atoms with Crippen LogP contribution in [-0.4, -0.2) is 48.1 Å². The first kappa shape index (κ1) is 44.9. The van der Waals surface area contributed by atoms with E-state index in [0.717, 1.165) is 18.0 Å². The maximum absolute atomic E-state index is 2.53. The number of nitrogens with zero attached hydrogens (tertiary/aromatic N) is 2. The molecule has 2 nitrogen and oxygen atoms in total. The van der Waals surface area contributed by atoms with Crippen LogP contribution in [0.25, 0.3) is 0 Å². The molecule has 0 N–H and O–H groups in total. The third kappa shape index (κ3) is 28.3. The summed E-state index contributed by atoms with van der Waals surface area (Å²) in [5, 5.41) is 0. The Morgan fingerprint density at radius 3 is 0.886 bits per heavy atom. The summed E-state index contributed by atoms with van der Waals surface area (Å²) in [4.78, 5) is 5.00. The van der Waals surface area contributed by atoms with Gasteiger partial charge >= 0.3 is 0 Å². The molecule has 220 valence electrons. The first-order valence-electron chi connectivity index (χ1n) is 16.2. The third-order valence-corrected chi connectivity index (χ3v) is 6.32. The van der Waals surface area contributed by atoms with Crippen LogP contribution in [0, 0.1) is 11.3 Å². The normalized spacial score (nSPS) is 17.2. The van der Waals surface area contributed by atoms with Gasteiger partial charge in [0.25, 0.3) is 0 Å². The molecule has 0 amide bonds. The Hall–Kier alpha value is -0.0800. The lowest BCUT2D eigenvalue weighted by atomic mass is 9.72. The van der Waals surface area contributed by atoms with Gasteiger partial charge in [-0.1, -0.05) is 109 Å². The lowest BCUT2D eigenvalue weighted by molar-refractivity contribution is 0.138. The van der Waals surface area contributed by atoms with E-state index in [9.17, 15) is 0 Å². The van der Waals surface area contributed by atoms with Crippen molar-refractivity contribution < 1.29 is 0 Å². The molecule has 2 heteroatoms. The second-order valence-corrected chi connectivity index (χ2v) is 10.0. The molecule has 0 aromatic heterocycles. The predicted octanol–water partition coefficient (Wildman–Crippen LogP) is 11.3. The van der Waals surface area contributed by atoms with Crippen molar-refractivity contribution in [3.05, 3.63) is 0 Å². The van der Waals surface area contributed by atoms with Crippen LogP contribution in [0.15, 0.2) is 0 Å². The monoisotopic (exact) mass is 503 g/mol. The molecule has 0 unspecified atom stereocenters. The van der Waals surface area contributed by atoms with Gasteiger partial charge in [0.1, 0.15) is 0 Å². The van der Waals surface area contributed by atoms with Gasteiger partial charge in [0.05, 0.1) is 0 Å². The minimum Gasteiger partial charge on any atom is -0.301 e. The first-order chi connectivity index (χ1) is 16.7. The van der Waals surface area contributed by atoms with Crippen molar-refractivity contribution in [1.29, 1.82) is 0 Å². The Morgan fingerprint density at radius 1 is 0.457 bits per heavy atom. The average molecular weight is 503 g/mol. The molecule has 35 heavy (non-hydrogen) atoms. The van der Waals surface area contributed by atoms with Crippen molar-refractivity contribution in [3.8, 4) is 0 Å². The van der Waals surface area contributed by atoms with Crippen LogP contribution in [0.3, 0.4) is 0 Å². The summed E-state index contributed by atoms with van der Waals surface area (Å²) in [7, 11) is 0. The molecule has 2 aliphatic heterocycles. The molecule has 1 aliphatic carbocycles. The average Bonchev–Trinajstić information content (AvgIpc) is 3.41. The van der Waals surface area contributed by atoms with Crippen molar-refractivity contribution in [3.63, 3.8) is 0 Å². The molecule has 0 bridgehead atoms. The Morgan fingerprint density at radius 2 is 0.743 bits per heavy atom. The highest BCUT2D eigenvalue weighted by atomic mass is 15.2. The van der Waals surface area contributed by atoms with Gasteiger partial charge in [-0.15, -0.1) is 0 Å². The van der Waals surface area contributed by atoms with Crippen LogP contribution < -0.4 is 0 Å². The number of rotatable bonds is 2. The third-order valence-electron chi connectivity index (χ3n) is 6.32. The Labute approximate surface area is 228 Å². The summed E-state index contributed by atoms with van der Waals surface area (Å²) in [6.07, 6.45) is 11.6. The van der Waals surface area contributed by atoms with E-state index in [1.165, 1.54) is 77.5 Å². The second-order valence-electron chi connectivity index (χ2n) is 10.0. The maximum atomic E-state index is 2.53. The van der Waals surface area contributed by atoms with E-state index in [2.05, 4.69) is 58.3 Å². The molecule has 0 aromatic rings. The van der Waals surface area contributed by atoms with Crippen molar-refractivity contribution in [1.82, 2.24) is 9.80 Å². The summed E-state index contributed by atoms with van der Waals surface area (Å²) < 4.78 is 0. The van der Waals surface area contributed by atoms with Crippen LogP contribution >= 0.6 is 0 Å². The largest absolute Gasteiger partial charge is 0.301 e. The molecular weight excluding hydrogens is 424 g/mol. The van der Waals surface area contributed by atoms with Crippen LogP contribution in [0.2, 0.25) is 0 Å². The van der Waals surface area contributed by atoms with E-state index in [0.29, 0.717) is 5.41 Å². The first-order valence-corrected chi connectivity index (χ1v) is 16.2. The molecule has 0 radical (unpaired) electrons. The predicted molar refractivity (Wildman–Crippen MR) is 170 cm³/mol. The Balaban J connectivity index is -0.000000110. The number of likely N-dealkylation sites (tertiary alicyclic amines) is 2. The molecule has 2 heterocycles. The van der Waals surface area contributed by atoms with E-state index in [4.69, 9.17) is 0 Å². The molecule has 3 fully saturated rings. The molecule has 1 saturated carbocycles.